The number of nitrogens with zero attached hydrogens (tertiary/aromatic N) is 1. The van der Waals surface area contributed by atoms with Crippen LogP contribution >= 0.6 is 0 Å². The fourth-order valence-corrected chi connectivity index (χ4v) is 3.82. The largest absolute Gasteiger partial charge is 0.464 e. The Morgan fingerprint density at radius 2 is 2.00 bits per heavy atom. The molecule has 7 nitrogen and oxygen atoms in total. The van der Waals surface area contributed by atoms with Gasteiger partial charge in [0.25, 0.3) is 0 Å². The number of amides is 1. The Kier molecular flexibility index (Phi) is 4.90. The van der Waals surface area contributed by atoms with E-state index in [4.69, 9.17) is 9.53 Å². The molecule has 20 heavy (non-hydrogen) atoms. The van der Waals surface area contributed by atoms with E-state index in [1.165, 1.54) is 0 Å². The summed E-state index contributed by atoms with van der Waals surface area (Å²) in [4.78, 5) is 11.0. The number of hydrogen-bond donors (Lipinski definition) is 1. The van der Waals surface area contributed by atoms with E-state index in [9.17, 15) is 13.2 Å². The maximum atomic E-state index is 11.4. The maximum absolute atomic E-state index is 11.4. The molecule has 0 radical (unpaired) electrons. The summed E-state index contributed by atoms with van der Waals surface area (Å²) < 4.78 is 33.7. The maximum Gasteiger partial charge on any atom is 0.423 e. The Labute approximate surface area is 121 Å². The van der Waals surface area contributed by atoms with Crippen LogP contribution in [0.1, 0.15) is 27.2 Å². The molecule has 1 rings (SSSR count). The van der Waals surface area contributed by atoms with E-state index >= 15 is 0 Å². The smallest absolute Gasteiger partial charge is 0.423 e. The van der Waals surface area contributed by atoms with Crippen LogP contribution in [0.2, 0.25) is 18.1 Å². The van der Waals surface area contributed by atoms with Crippen LogP contribution in [0.15, 0.2) is 0 Å². The van der Waals surface area contributed by atoms with Crippen molar-refractivity contribution in [2.45, 2.75) is 51.4 Å². The van der Waals surface area contributed by atoms with Crippen LogP contribution < -0.4 is 0 Å². The summed E-state index contributed by atoms with van der Waals surface area (Å²) in [7, 11) is -6.06. The molecule has 1 N–H and O–H groups in total. The Morgan fingerprint density at radius 1 is 1.45 bits per heavy atom. The zero-order valence-electron chi connectivity index (χ0n) is 12.5. The first-order valence-electron chi connectivity index (χ1n) is 6.44. The van der Waals surface area contributed by atoms with E-state index in [-0.39, 0.29) is 11.6 Å². The second-order valence-corrected chi connectivity index (χ2v) is 12.7. The van der Waals surface area contributed by atoms with Gasteiger partial charge in [-0.05, 0) is 24.6 Å². The predicted molar refractivity (Wildman–Crippen MR) is 76.3 cm³/mol. The Balaban J connectivity index is 2.61. The first-order chi connectivity index (χ1) is 8.88. The van der Waals surface area contributed by atoms with Crippen molar-refractivity contribution in [2.75, 3.05) is 13.2 Å². The zero-order valence-corrected chi connectivity index (χ0v) is 14.4. The molecule has 0 aromatic rings. The highest BCUT2D eigenvalue weighted by Gasteiger charge is 2.43. The van der Waals surface area contributed by atoms with Crippen LogP contribution in [-0.4, -0.2) is 51.5 Å². The van der Waals surface area contributed by atoms with Gasteiger partial charge in [0, 0.05) is 6.61 Å². The Morgan fingerprint density at radius 3 is 2.45 bits per heavy atom. The van der Waals surface area contributed by atoms with E-state index in [0.29, 0.717) is 17.3 Å². The average Bonchev–Trinajstić information content (AvgIpc) is 2.51. The summed E-state index contributed by atoms with van der Waals surface area (Å²) in [6.07, 6.45) is -1.21. The van der Waals surface area contributed by atoms with Gasteiger partial charge in [0.15, 0.2) is 8.32 Å². The first kappa shape index (κ1) is 17.4. The lowest BCUT2D eigenvalue weighted by Crippen LogP contribution is -2.43. The van der Waals surface area contributed by atoms with Crippen molar-refractivity contribution in [3.05, 3.63) is 0 Å². The normalized spacial score (nSPS) is 23.1. The third-order valence-corrected chi connectivity index (χ3v) is 9.80. The monoisotopic (exact) mass is 325 g/mol. The minimum atomic E-state index is -4.14. The average molecular weight is 325 g/mol. The van der Waals surface area contributed by atoms with Gasteiger partial charge < -0.3 is 9.53 Å². The molecule has 1 heterocycles. The van der Waals surface area contributed by atoms with E-state index in [2.05, 4.69) is 38.0 Å². The first-order valence-corrected chi connectivity index (χ1v) is 10.7. The van der Waals surface area contributed by atoms with Gasteiger partial charge in [0.1, 0.15) is 0 Å². The molecule has 1 aliphatic heterocycles. The van der Waals surface area contributed by atoms with Crippen molar-refractivity contribution in [2.24, 2.45) is 0 Å². The van der Waals surface area contributed by atoms with Gasteiger partial charge in [-0.3, -0.25) is 4.18 Å². The third kappa shape index (κ3) is 3.71. The summed E-state index contributed by atoms with van der Waals surface area (Å²) in [6, 6.07) is -0.706. The highest BCUT2D eigenvalue weighted by atomic mass is 32.2. The molecule has 1 amide bonds. The number of carbonyl (C=O) groups is 1. The fraction of sp³-hybridized carbons (Fsp3) is 0.909. The van der Waals surface area contributed by atoms with Crippen LogP contribution in [-0.2, 0) is 18.9 Å². The predicted octanol–water partition coefficient (Wildman–Crippen LogP) is 2.02. The Bertz CT molecular complexity index is 470. The number of hydrogen-bond acceptors (Lipinski definition) is 5. The lowest BCUT2D eigenvalue weighted by molar-refractivity contribution is 0.157. The highest BCUT2D eigenvalue weighted by molar-refractivity contribution is 7.85. The van der Waals surface area contributed by atoms with Crippen LogP contribution in [0.25, 0.3) is 0 Å². The van der Waals surface area contributed by atoms with Crippen molar-refractivity contribution >= 4 is 24.7 Å². The topological polar surface area (TPSA) is 93.1 Å². The molecule has 118 valence electrons. The molecule has 1 aliphatic rings. The van der Waals surface area contributed by atoms with Gasteiger partial charge in [0.05, 0.1) is 12.6 Å². The number of rotatable bonds is 4. The minimum absolute atomic E-state index is 0.0533. The van der Waals surface area contributed by atoms with Crippen LogP contribution in [0, 0.1) is 0 Å². The van der Waals surface area contributed by atoms with Crippen molar-refractivity contribution in [1.82, 2.24) is 4.31 Å². The zero-order chi connectivity index (χ0) is 15.8. The van der Waals surface area contributed by atoms with Gasteiger partial charge in [0.2, 0.25) is 0 Å². The summed E-state index contributed by atoms with van der Waals surface area (Å²) in [6.45, 7) is 10.7. The van der Waals surface area contributed by atoms with Gasteiger partial charge >= 0.3 is 16.4 Å². The summed E-state index contributed by atoms with van der Waals surface area (Å²) in [5.74, 6) is 0. The van der Waals surface area contributed by atoms with Gasteiger partial charge in [-0.15, -0.1) is 0 Å². The molecule has 1 fully saturated rings. The molecule has 9 heteroatoms. The van der Waals surface area contributed by atoms with Crippen LogP contribution in [0.3, 0.4) is 0 Å². The lowest BCUT2D eigenvalue weighted by atomic mass is 10.2. The van der Waals surface area contributed by atoms with E-state index in [1.807, 2.05) is 0 Å². The highest BCUT2D eigenvalue weighted by Crippen LogP contribution is 2.36. The van der Waals surface area contributed by atoms with Crippen LogP contribution in [0.4, 0.5) is 4.79 Å². The molecule has 0 saturated carbocycles. The standard InChI is InChI=1S/C11H23NO6SSi/c1-11(2,3)20(4,5)18-7-6-9-8-17-19(15,16)12(9)10(13)14/h9H,6-8H2,1-5H3,(H,13,14)/t9-/m1/s1. The molecular weight excluding hydrogens is 302 g/mol. The summed E-state index contributed by atoms with van der Waals surface area (Å²) in [5.41, 5.74) is 0. The molecule has 0 bridgehead atoms. The molecule has 0 unspecified atom stereocenters. The van der Waals surface area contributed by atoms with Crippen molar-refractivity contribution < 1.29 is 26.9 Å². The molecule has 1 saturated heterocycles. The van der Waals surface area contributed by atoms with E-state index < -0.39 is 30.8 Å². The molecule has 0 aliphatic carbocycles. The summed E-state index contributed by atoms with van der Waals surface area (Å²) in [5, 5.41) is 9.00. The quantitative estimate of drug-likeness (QED) is 0.795. The molecule has 0 spiro atoms. The van der Waals surface area contributed by atoms with Crippen molar-refractivity contribution in [1.29, 1.82) is 0 Å². The molecule has 0 aromatic carbocycles. The Hall–Kier alpha value is -0.643. The molecule has 1 atom stereocenters. The second-order valence-electron chi connectivity index (χ2n) is 6.37. The van der Waals surface area contributed by atoms with Crippen molar-refractivity contribution in [3.8, 4) is 0 Å². The van der Waals surface area contributed by atoms with Gasteiger partial charge in [-0.1, -0.05) is 20.8 Å². The van der Waals surface area contributed by atoms with E-state index in [1.54, 1.807) is 0 Å². The lowest BCUT2D eigenvalue weighted by Gasteiger charge is -2.36. The van der Waals surface area contributed by atoms with E-state index in [0.717, 1.165) is 0 Å². The summed E-state index contributed by atoms with van der Waals surface area (Å²) >= 11 is 0. The van der Waals surface area contributed by atoms with Gasteiger partial charge in [-0.25, -0.2) is 4.79 Å². The molecule has 0 aromatic heterocycles. The third-order valence-electron chi connectivity index (χ3n) is 3.89. The number of carboxylic acid groups (broad SMARTS) is 1. The second kappa shape index (κ2) is 5.62. The van der Waals surface area contributed by atoms with Crippen LogP contribution in [0.5, 0.6) is 0 Å². The van der Waals surface area contributed by atoms with Crippen molar-refractivity contribution in [3.63, 3.8) is 0 Å². The minimum Gasteiger partial charge on any atom is -0.464 e. The van der Waals surface area contributed by atoms with Gasteiger partial charge in [-0.2, -0.15) is 12.7 Å². The molecular formula is C11H23NO6SSi. The SMILES string of the molecule is CC(C)(C)[Si](C)(C)OCC[C@@H]1COS(=O)(=O)N1C(=O)O. The fourth-order valence-electron chi connectivity index (χ4n) is 1.59.